The molecule has 19 heavy (non-hydrogen) atoms. The van der Waals surface area contributed by atoms with Crippen LogP contribution in [0, 0.1) is 0 Å². The SMILES string of the molecule is CC(=O)OC[C@@H](COC(N)=O)c1ccccc1C=S. The van der Waals surface area contributed by atoms with Gasteiger partial charge in [-0.2, -0.15) is 0 Å². The van der Waals surface area contributed by atoms with E-state index in [1.807, 2.05) is 24.3 Å². The molecular weight excluding hydrogens is 266 g/mol. The molecule has 1 aromatic carbocycles. The normalized spacial score (nSPS) is 11.4. The Bertz CT molecular complexity index is 457. The molecule has 0 heterocycles. The second kappa shape index (κ2) is 7.48. The minimum absolute atomic E-state index is 0.0306. The largest absolute Gasteiger partial charge is 0.465 e. The molecule has 0 aromatic heterocycles. The van der Waals surface area contributed by atoms with E-state index in [0.29, 0.717) is 0 Å². The molecular formula is C13H15NO4S. The maximum atomic E-state index is 10.9. The van der Waals surface area contributed by atoms with Gasteiger partial charge in [0, 0.05) is 12.3 Å². The van der Waals surface area contributed by atoms with Gasteiger partial charge in [0.25, 0.3) is 0 Å². The number of primary amides is 1. The van der Waals surface area contributed by atoms with Crippen molar-refractivity contribution in [1.82, 2.24) is 0 Å². The summed E-state index contributed by atoms with van der Waals surface area (Å²) >= 11 is 4.93. The third kappa shape index (κ3) is 5.05. The number of benzene rings is 1. The van der Waals surface area contributed by atoms with Crippen molar-refractivity contribution in [2.45, 2.75) is 12.8 Å². The molecule has 1 aromatic rings. The van der Waals surface area contributed by atoms with Crippen LogP contribution in [0.2, 0.25) is 0 Å². The Balaban J connectivity index is 2.89. The lowest BCUT2D eigenvalue weighted by atomic mass is 9.96. The first-order valence-electron chi connectivity index (χ1n) is 5.64. The fourth-order valence-electron chi connectivity index (χ4n) is 1.62. The van der Waals surface area contributed by atoms with Crippen LogP contribution in [0.3, 0.4) is 0 Å². The Kier molecular flexibility index (Phi) is 5.95. The predicted molar refractivity (Wildman–Crippen MR) is 74.1 cm³/mol. The number of amides is 1. The average Bonchev–Trinajstić information content (AvgIpc) is 2.38. The Hall–Kier alpha value is -1.95. The number of carbonyl (C=O) groups excluding carboxylic acids is 2. The summed E-state index contributed by atoms with van der Waals surface area (Å²) in [5.74, 6) is -0.698. The molecule has 6 heteroatoms. The second-order valence-electron chi connectivity index (χ2n) is 3.88. The van der Waals surface area contributed by atoms with Gasteiger partial charge in [-0.3, -0.25) is 4.79 Å². The maximum Gasteiger partial charge on any atom is 0.404 e. The number of hydrogen-bond donors (Lipinski definition) is 1. The number of esters is 1. The van der Waals surface area contributed by atoms with E-state index in [1.165, 1.54) is 12.3 Å². The van der Waals surface area contributed by atoms with Crippen LogP contribution in [0.1, 0.15) is 24.0 Å². The van der Waals surface area contributed by atoms with Gasteiger partial charge in [-0.05, 0) is 11.1 Å². The molecule has 0 aliphatic heterocycles. The molecule has 0 aliphatic carbocycles. The lowest BCUT2D eigenvalue weighted by Crippen LogP contribution is -2.22. The highest BCUT2D eigenvalue weighted by Gasteiger charge is 2.17. The zero-order valence-corrected chi connectivity index (χ0v) is 11.3. The van der Waals surface area contributed by atoms with E-state index in [1.54, 1.807) is 0 Å². The topological polar surface area (TPSA) is 78.6 Å². The lowest BCUT2D eigenvalue weighted by Gasteiger charge is -2.18. The van der Waals surface area contributed by atoms with Crippen molar-refractivity contribution in [3.8, 4) is 0 Å². The molecule has 0 unspecified atom stereocenters. The van der Waals surface area contributed by atoms with Gasteiger partial charge in [-0.1, -0.05) is 36.5 Å². The van der Waals surface area contributed by atoms with Crippen LogP contribution < -0.4 is 5.73 Å². The number of nitrogens with two attached hydrogens (primary N) is 1. The molecule has 1 amide bonds. The van der Waals surface area contributed by atoms with Gasteiger partial charge in [0.2, 0.25) is 0 Å². The highest BCUT2D eigenvalue weighted by Crippen LogP contribution is 2.20. The van der Waals surface area contributed by atoms with Gasteiger partial charge < -0.3 is 15.2 Å². The zero-order chi connectivity index (χ0) is 14.3. The van der Waals surface area contributed by atoms with Crippen LogP contribution in [0.25, 0.3) is 0 Å². The maximum absolute atomic E-state index is 10.9. The molecule has 0 saturated carbocycles. The molecule has 0 radical (unpaired) electrons. The summed E-state index contributed by atoms with van der Waals surface area (Å²) in [6.07, 6.45) is -0.868. The van der Waals surface area contributed by atoms with Crippen molar-refractivity contribution in [2.75, 3.05) is 13.2 Å². The van der Waals surface area contributed by atoms with Crippen molar-refractivity contribution < 1.29 is 19.1 Å². The Labute approximate surface area is 116 Å². The molecule has 0 saturated heterocycles. The Morgan fingerprint density at radius 1 is 1.32 bits per heavy atom. The molecule has 5 nitrogen and oxygen atoms in total. The van der Waals surface area contributed by atoms with Crippen molar-refractivity contribution in [2.24, 2.45) is 5.73 Å². The Morgan fingerprint density at radius 3 is 2.53 bits per heavy atom. The summed E-state index contributed by atoms with van der Waals surface area (Å²) in [5, 5.41) is 1.53. The van der Waals surface area contributed by atoms with Gasteiger partial charge >= 0.3 is 12.1 Å². The predicted octanol–water partition coefficient (Wildman–Crippen LogP) is 1.78. The van der Waals surface area contributed by atoms with Crippen molar-refractivity contribution in [3.63, 3.8) is 0 Å². The molecule has 2 N–H and O–H groups in total. The van der Waals surface area contributed by atoms with E-state index >= 15 is 0 Å². The highest BCUT2D eigenvalue weighted by molar-refractivity contribution is 7.79. The van der Waals surface area contributed by atoms with Crippen molar-refractivity contribution in [1.29, 1.82) is 0 Å². The fourth-order valence-corrected chi connectivity index (χ4v) is 1.83. The first kappa shape index (κ1) is 15.1. The minimum Gasteiger partial charge on any atom is -0.465 e. The third-order valence-corrected chi connectivity index (χ3v) is 2.73. The molecule has 1 rings (SSSR count). The summed E-state index contributed by atoms with van der Waals surface area (Å²) in [4.78, 5) is 21.6. The first-order chi connectivity index (χ1) is 9.04. The van der Waals surface area contributed by atoms with Gasteiger partial charge in [-0.15, -0.1) is 0 Å². The van der Waals surface area contributed by atoms with Crippen LogP contribution in [0.15, 0.2) is 24.3 Å². The van der Waals surface area contributed by atoms with Crippen LogP contribution >= 0.6 is 12.2 Å². The Morgan fingerprint density at radius 2 is 1.95 bits per heavy atom. The summed E-state index contributed by atoms with van der Waals surface area (Å²) in [6.45, 7) is 1.45. The van der Waals surface area contributed by atoms with E-state index in [-0.39, 0.29) is 19.1 Å². The van der Waals surface area contributed by atoms with Crippen LogP contribution in [-0.2, 0) is 14.3 Å². The second-order valence-corrected chi connectivity index (χ2v) is 4.11. The van der Waals surface area contributed by atoms with Gasteiger partial charge in [0.1, 0.15) is 13.2 Å². The third-order valence-electron chi connectivity index (χ3n) is 2.48. The molecule has 0 aliphatic rings. The standard InChI is InChI=1S/C13H15NO4S/c1-9(15)17-6-11(7-18-13(14)16)12-5-3-2-4-10(12)8-19/h2-5,8,11H,6-7H2,1H3,(H2,14,16)/t11-/m0/s1. The van der Waals surface area contributed by atoms with Gasteiger partial charge in [0.05, 0.1) is 5.92 Å². The molecule has 1 atom stereocenters. The monoisotopic (exact) mass is 281 g/mol. The average molecular weight is 281 g/mol. The lowest BCUT2D eigenvalue weighted by molar-refractivity contribution is -0.141. The highest BCUT2D eigenvalue weighted by atomic mass is 32.1. The zero-order valence-electron chi connectivity index (χ0n) is 10.5. The quantitative estimate of drug-likeness (QED) is 0.635. The van der Waals surface area contributed by atoms with E-state index in [0.717, 1.165) is 11.1 Å². The molecule has 0 bridgehead atoms. The van der Waals surface area contributed by atoms with Gasteiger partial charge in [0.15, 0.2) is 0 Å². The molecule has 0 spiro atoms. The van der Waals surface area contributed by atoms with E-state index in [2.05, 4.69) is 0 Å². The molecule has 102 valence electrons. The minimum atomic E-state index is -0.868. The summed E-state index contributed by atoms with van der Waals surface area (Å²) in [6, 6.07) is 7.37. The number of thiocarbonyl (C=S) groups is 1. The fraction of sp³-hybridized carbons (Fsp3) is 0.308. The van der Waals surface area contributed by atoms with E-state index < -0.39 is 12.1 Å². The smallest absolute Gasteiger partial charge is 0.404 e. The van der Waals surface area contributed by atoms with Crippen LogP contribution in [0.4, 0.5) is 4.79 Å². The van der Waals surface area contributed by atoms with Crippen molar-refractivity contribution in [3.05, 3.63) is 35.4 Å². The van der Waals surface area contributed by atoms with E-state index in [4.69, 9.17) is 27.4 Å². The first-order valence-corrected chi connectivity index (χ1v) is 6.11. The number of hydrogen-bond acceptors (Lipinski definition) is 5. The summed E-state index contributed by atoms with van der Waals surface area (Å²) in [5.41, 5.74) is 6.62. The summed E-state index contributed by atoms with van der Waals surface area (Å²) < 4.78 is 9.76. The summed E-state index contributed by atoms with van der Waals surface area (Å²) in [7, 11) is 0. The van der Waals surface area contributed by atoms with Crippen LogP contribution in [0.5, 0.6) is 0 Å². The molecule has 0 fully saturated rings. The number of rotatable bonds is 6. The van der Waals surface area contributed by atoms with Crippen LogP contribution in [-0.4, -0.2) is 30.6 Å². The number of carbonyl (C=O) groups is 2. The van der Waals surface area contributed by atoms with Crippen molar-refractivity contribution >= 4 is 29.6 Å². The van der Waals surface area contributed by atoms with Gasteiger partial charge in [-0.25, -0.2) is 4.79 Å². The van der Waals surface area contributed by atoms with E-state index in [9.17, 15) is 9.59 Å². The number of ether oxygens (including phenoxy) is 2.